The molecular weight excluding hydrogens is 320 g/mol. The molecule has 0 radical (unpaired) electrons. The largest absolute Gasteiger partial charge is 0.445 e. The van der Waals surface area contributed by atoms with Gasteiger partial charge in [-0.2, -0.15) is 0 Å². The van der Waals surface area contributed by atoms with E-state index in [1.807, 2.05) is 51.1 Å². The van der Waals surface area contributed by atoms with E-state index in [0.29, 0.717) is 25.6 Å². The number of nitrogens with zero attached hydrogens (tertiary/aromatic N) is 2. The Morgan fingerprint density at radius 1 is 1.12 bits per heavy atom. The normalized spacial score (nSPS) is 22.7. The summed E-state index contributed by atoms with van der Waals surface area (Å²) < 4.78 is 10.9. The van der Waals surface area contributed by atoms with Gasteiger partial charge in [0.2, 0.25) is 0 Å². The van der Waals surface area contributed by atoms with Crippen LogP contribution >= 0.6 is 0 Å². The Morgan fingerprint density at radius 2 is 1.84 bits per heavy atom. The molecular formula is C19H26N2O4. The number of carbonyl (C=O) groups excluding carboxylic acids is 2. The lowest BCUT2D eigenvalue weighted by atomic mass is 10.1. The molecule has 2 atom stereocenters. The lowest BCUT2D eigenvalue weighted by Gasteiger charge is -2.26. The number of fused-ring (bicyclic) bond motifs is 1. The SMILES string of the molecule is CC(C)(C)OC(=O)N1CC2CCN(C(=O)OCc3ccccc3)C2C1. The van der Waals surface area contributed by atoms with Crippen LogP contribution in [0.4, 0.5) is 9.59 Å². The van der Waals surface area contributed by atoms with Gasteiger partial charge in [-0.25, -0.2) is 9.59 Å². The number of amides is 2. The number of likely N-dealkylation sites (tertiary alicyclic amines) is 2. The fourth-order valence-electron chi connectivity index (χ4n) is 3.47. The molecule has 1 aromatic carbocycles. The summed E-state index contributed by atoms with van der Waals surface area (Å²) in [6, 6.07) is 9.66. The van der Waals surface area contributed by atoms with Crippen LogP contribution in [0.15, 0.2) is 30.3 Å². The van der Waals surface area contributed by atoms with Crippen molar-refractivity contribution >= 4 is 12.2 Å². The summed E-state index contributed by atoms with van der Waals surface area (Å²) in [5, 5.41) is 0. The summed E-state index contributed by atoms with van der Waals surface area (Å²) in [6.07, 6.45) is 0.284. The molecule has 0 aromatic heterocycles. The molecule has 2 aliphatic rings. The highest BCUT2D eigenvalue weighted by atomic mass is 16.6. The van der Waals surface area contributed by atoms with Crippen LogP contribution in [0.2, 0.25) is 0 Å². The lowest BCUT2D eigenvalue weighted by molar-refractivity contribution is 0.0267. The minimum absolute atomic E-state index is 0.0239. The lowest BCUT2D eigenvalue weighted by Crippen LogP contribution is -2.42. The fourth-order valence-corrected chi connectivity index (χ4v) is 3.47. The van der Waals surface area contributed by atoms with Gasteiger partial charge in [0.05, 0.1) is 6.04 Å². The molecule has 0 spiro atoms. The van der Waals surface area contributed by atoms with E-state index in [1.54, 1.807) is 9.80 Å². The Morgan fingerprint density at radius 3 is 2.52 bits per heavy atom. The average Bonchev–Trinajstić information content (AvgIpc) is 3.12. The molecule has 2 aliphatic heterocycles. The van der Waals surface area contributed by atoms with Crippen molar-refractivity contribution in [1.29, 1.82) is 0 Å². The number of hydrogen-bond donors (Lipinski definition) is 0. The molecule has 0 bridgehead atoms. The van der Waals surface area contributed by atoms with Crippen molar-refractivity contribution in [2.45, 2.75) is 45.4 Å². The molecule has 2 amide bonds. The van der Waals surface area contributed by atoms with Crippen LogP contribution in [-0.4, -0.2) is 53.3 Å². The Bertz CT molecular complexity index is 626. The van der Waals surface area contributed by atoms with E-state index < -0.39 is 5.60 Å². The van der Waals surface area contributed by atoms with Crippen molar-refractivity contribution in [2.24, 2.45) is 5.92 Å². The molecule has 6 nitrogen and oxygen atoms in total. The smallest absolute Gasteiger partial charge is 0.410 e. The third-order valence-corrected chi connectivity index (χ3v) is 4.64. The Labute approximate surface area is 148 Å². The highest BCUT2D eigenvalue weighted by molar-refractivity contribution is 5.71. The fraction of sp³-hybridized carbons (Fsp3) is 0.579. The van der Waals surface area contributed by atoms with Crippen LogP contribution in [0.3, 0.4) is 0 Å². The number of hydrogen-bond acceptors (Lipinski definition) is 4. The van der Waals surface area contributed by atoms with E-state index in [1.165, 1.54) is 0 Å². The molecule has 25 heavy (non-hydrogen) atoms. The van der Waals surface area contributed by atoms with Gasteiger partial charge >= 0.3 is 12.2 Å². The van der Waals surface area contributed by atoms with Crippen LogP contribution in [-0.2, 0) is 16.1 Å². The molecule has 3 rings (SSSR count). The van der Waals surface area contributed by atoms with Gasteiger partial charge in [-0.1, -0.05) is 30.3 Å². The quantitative estimate of drug-likeness (QED) is 0.825. The summed E-state index contributed by atoms with van der Waals surface area (Å²) in [6.45, 7) is 7.68. The van der Waals surface area contributed by atoms with Gasteiger partial charge in [0, 0.05) is 25.6 Å². The Balaban J connectivity index is 1.55. The van der Waals surface area contributed by atoms with Crippen LogP contribution in [0.1, 0.15) is 32.8 Å². The molecule has 2 heterocycles. The first kappa shape index (κ1) is 17.6. The van der Waals surface area contributed by atoms with Crippen LogP contribution in [0.5, 0.6) is 0 Å². The molecule has 0 aliphatic carbocycles. The zero-order valence-corrected chi connectivity index (χ0v) is 15.1. The predicted octanol–water partition coefficient (Wildman–Crippen LogP) is 3.26. The van der Waals surface area contributed by atoms with E-state index in [2.05, 4.69) is 0 Å². The van der Waals surface area contributed by atoms with Crippen molar-refractivity contribution in [3.8, 4) is 0 Å². The first-order valence-electron chi connectivity index (χ1n) is 8.79. The third-order valence-electron chi connectivity index (χ3n) is 4.64. The zero-order valence-electron chi connectivity index (χ0n) is 15.1. The van der Waals surface area contributed by atoms with E-state index in [0.717, 1.165) is 12.0 Å². The van der Waals surface area contributed by atoms with Crippen LogP contribution < -0.4 is 0 Å². The van der Waals surface area contributed by atoms with Crippen molar-refractivity contribution in [2.75, 3.05) is 19.6 Å². The average molecular weight is 346 g/mol. The van der Waals surface area contributed by atoms with Gasteiger partial charge in [-0.15, -0.1) is 0 Å². The summed E-state index contributed by atoms with van der Waals surface area (Å²) in [4.78, 5) is 28.2. The second kappa shape index (κ2) is 6.94. The van der Waals surface area contributed by atoms with E-state index in [4.69, 9.17) is 9.47 Å². The van der Waals surface area contributed by atoms with E-state index in [9.17, 15) is 9.59 Å². The highest BCUT2D eigenvalue weighted by Gasteiger charge is 2.46. The number of rotatable bonds is 2. The van der Waals surface area contributed by atoms with Gasteiger partial charge in [-0.05, 0) is 32.8 Å². The monoisotopic (exact) mass is 346 g/mol. The van der Waals surface area contributed by atoms with Gasteiger partial charge in [0.15, 0.2) is 0 Å². The first-order valence-corrected chi connectivity index (χ1v) is 8.79. The molecule has 2 unspecified atom stereocenters. The van der Waals surface area contributed by atoms with E-state index >= 15 is 0 Å². The molecule has 0 saturated carbocycles. The van der Waals surface area contributed by atoms with Crippen LogP contribution in [0, 0.1) is 5.92 Å². The van der Waals surface area contributed by atoms with Crippen molar-refractivity contribution in [1.82, 2.24) is 9.80 Å². The number of carbonyl (C=O) groups is 2. The van der Waals surface area contributed by atoms with Crippen molar-refractivity contribution in [3.05, 3.63) is 35.9 Å². The Hall–Kier alpha value is -2.24. The minimum atomic E-state index is -0.511. The maximum atomic E-state index is 12.4. The minimum Gasteiger partial charge on any atom is -0.445 e. The van der Waals surface area contributed by atoms with Crippen LogP contribution in [0.25, 0.3) is 0 Å². The van der Waals surface area contributed by atoms with Crippen molar-refractivity contribution in [3.63, 3.8) is 0 Å². The molecule has 2 fully saturated rings. The maximum Gasteiger partial charge on any atom is 0.410 e. The number of benzene rings is 1. The zero-order chi connectivity index (χ0) is 18.0. The van der Waals surface area contributed by atoms with Gasteiger partial charge < -0.3 is 19.3 Å². The topological polar surface area (TPSA) is 59.1 Å². The predicted molar refractivity (Wildman–Crippen MR) is 93.0 cm³/mol. The summed E-state index contributed by atoms with van der Waals surface area (Å²) in [7, 11) is 0. The summed E-state index contributed by atoms with van der Waals surface area (Å²) >= 11 is 0. The molecule has 1 aromatic rings. The summed E-state index contributed by atoms with van der Waals surface area (Å²) in [5.74, 6) is 0.303. The van der Waals surface area contributed by atoms with E-state index in [-0.39, 0.29) is 24.8 Å². The van der Waals surface area contributed by atoms with Gasteiger partial charge in [0.1, 0.15) is 12.2 Å². The third kappa shape index (κ3) is 4.24. The summed E-state index contributed by atoms with van der Waals surface area (Å²) in [5.41, 5.74) is 0.455. The molecule has 6 heteroatoms. The molecule has 0 N–H and O–H groups in total. The molecule has 136 valence electrons. The Kier molecular flexibility index (Phi) is 4.88. The maximum absolute atomic E-state index is 12.4. The van der Waals surface area contributed by atoms with Gasteiger partial charge in [0.25, 0.3) is 0 Å². The van der Waals surface area contributed by atoms with Crippen molar-refractivity contribution < 1.29 is 19.1 Å². The first-order chi connectivity index (χ1) is 11.8. The second-order valence-electron chi connectivity index (χ2n) is 7.74. The highest BCUT2D eigenvalue weighted by Crippen LogP contribution is 2.32. The standard InChI is InChI=1S/C19H26N2O4/c1-19(2,3)25-17(22)20-11-15-9-10-21(16(15)12-20)18(23)24-13-14-7-5-4-6-8-14/h4-8,15-16H,9-13H2,1-3H3. The second-order valence-corrected chi connectivity index (χ2v) is 7.74. The van der Waals surface area contributed by atoms with Gasteiger partial charge in [-0.3, -0.25) is 0 Å². The number of ether oxygens (including phenoxy) is 2. The molecule has 2 saturated heterocycles.